The fourth-order valence-electron chi connectivity index (χ4n) is 2.28. The molecule has 0 aliphatic carbocycles. The van der Waals surface area contributed by atoms with Crippen molar-refractivity contribution < 1.29 is 9.90 Å². The topological polar surface area (TPSA) is 63.3 Å². The van der Waals surface area contributed by atoms with Gasteiger partial charge >= 0.3 is 0 Å². The number of unbranched alkanes of at least 4 members (excludes halogenated alkanes) is 8. The molecule has 0 bridgehead atoms. The normalized spacial score (nSPS) is 13.4. The number of Topliss-reactive ketones (excluding diaryl/α,β-unsaturated/α-hetero) is 1. The van der Waals surface area contributed by atoms with Crippen molar-refractivity contribution in [2.24, 2.45) is 5.73 Å². The number of rotatable bonds is 13. The van der Waals surface area contributed by atoms with Crippen molar-refractivity contribution in [3.63, 3.8) is 0 Å². The molecule has 3 nitrogen and oxygen atoms in total. The van der Waals surface area contributed by atoms with Crippen molar-refractivity contribution in [3.8, 4) is 0 Å². The molecule has 0 rings (SSSR count). The fraction of sp³-hybridized carbons (Fsp3) is 0.824. The quantitative estimate of drug-likeness (QED) is 0.500. The molecule has 118 valence electrons. The molecule has 1 unspecified atom stereocenters. The molecule has 0 aromatic rings. The van der Waals surface area contributed by atoms with Crippen LogP contribution in [-0.2, 0) is 4.79 Å². The highest BCUT2D eigenvalue weighted by atomic mass is 16.3. The number of hydrogen-bond donors (Lipinski definition) is 2. The number of aliphatic hydroxyl groups excluding tert-OH is 1. The lowest BCUT2D eigenvalue weighted by molar-refractivity contribution is -0.125. The van der Waals surface area contributed by atoms with Crippen LogP contribution in [-0.4, -0.2) is 17.0 Å². The lowest BCUT2D eigenvalue weighted by Crippen LogP contribution is -2.27. The molecular formula is C17H33NO2. The monoisotopic (exact) mass is 283 g/mol. The van der Waals surface area contributed by atoms with Gasteiger partial charge < -0.3 is 10.8 Å². The predicted molar refractivity (Wildman–Crippen MR) is 85.4 cm³/mol. The van der Waals surface area contributed by atoms with Crippen molar-refractivity contribution in [1.29, 1.82) is 0 Å². The highest BCUT2D eigenvalue weighted by molar-refractivity contribution is 5.85. The molecule has 0 radical (unpaired) electrons. The molecule has 3 heteroatoms. The molecule has 20 heavy (non-hydrogen) atoms. The van der Waals surface area contributed by atoms with Gasteiger partial charge in [0.15, 0.2) is 11.9 Å². The minimum atomic E-state index is -1.09. The summed E-state index contributed by atoms with van der Waals surface area (Å²) in [4.78, 5) is 11.7. The molecule has 0 fully saturated rings. The zero-order valence-electron chi connectivity index (χ0n) is 13.4. The molecule has 3 N–H and O–H groups in total. The SMILES string of the molecule is CCC=C(N)C(O)C(=O)CCCCCCCCCCC. The van der Waals surface area contributed by atoms with E-state index in [9.17, 15) is 9.90 Å². The van der Waals surface area contributed by atoms with E-state index < -0.39 is 6.10 Å². The number of hydrogen-bond acceptors (Lipinski definition) is 3. The average Bonchev–Trinajstić information content (AvgIpc) is 2.44. The van der Waals surface area contributed by atoms with Crippen LogP contribution in [0.25, 0.3) is 0 Å². The third kappa shape index (κ3) is 10.0. The van der Waals surface area contributed by atoms with Gasteiger partial charge in [0.05, 0.1) is 0 Å². The summed E-state index contributed by atoms with van der Waals surface area (Å²) in [7, 11) is 0. The van der Waals surface area contributed by atoms with Gasteiger partial charge in [0.2, 0.25) is 0 Å². The maximum Gasteiger partial charge on any atom is 0.167 e. The Morgan fingerprint density at radius 1 is 1.00 bits per heavy atom. The second-order valence-electron chi connectivity index (χ2n) is 5.56. The van der Waals surface area contributed by atoms with Crippen LogP contribution in [0, 0.1) is 0 Å². The van der Waals surface area contributed by atoms with E-state index in [1.54, 1.807) is 6.08 Å². The van der Waals surface area contributed by atoms with Crippen molar-refractivity contribution in [2.45, 2.75) is 90.6 Å². The molecule has 0 aliphatic rings. The van der Waals surface area contributed by atoms with E-state index in [-0.39, 0.29) is 5.78 Å². The summed E-state index contributed by atoms with van der Waals surface area (Å²) in [6.45, 7) is 4.17. The molecule has 0 saturated heterocycles. The Hall–Kier alpha value is -0.830. The molecular weight excluding hydrogens is 250 g/mol. The van der Waals surface area contributed by atoms with Crippen molar-refractivity contribution in [3.05, 3.63) is 11.8 Å². The lowest BCUT2D eigenvalue weighted by Gasteiger charge is -2.09. The zero-order valence-corrected chi connectivity index (χ0v) is 13.4. The third-order valence-corrected chi connectivity index (χ3v) is 3.59. The Bertz CT molecular complexity index is 274. The van der Waals surface area contributed by atoms with Crippen molar-refractivity contribution in [2.75, 3.05) is 0 Å². The molecule has 0 heterocycles. The van der Waals surface area contributed by atoms with E-state index >= 15 is 0 Å². The van der Waals surface area contributed by atoms with Crippen LogP contribution in [0.5, 0.6) is 0 Å². The minimum Gasteiger partial charge on any atom is -0.400 e. The largest absolute Gasteiger partial charge is 0.400 e. The van der Waals surface area contributed by atoms with E-state index in [1.807, 2.05) is 6.92 Å². The number of ketones is 1. The van der Waals surface area contributed by atoms with E-state index in [1.165, 1.54) is 44.9 Å². The van der Waals surface area contributed by atoms with Gasteiger partial charge in [-0.3, -0.25) is 4.79 Å². The number of carbonyl (C=O) groups is 1. The van der Waals surface area contributed by atoms with Gasteiger partial charge in [0, 0.05) is 12.1 Å². The van der Waals surface area contributed by atoms with Crippen LogP contribution in [0.3, 0.4) is 0 Å². The highest BCUT2D eigenvalue weighted by Gasteiger charge is 2.16. The number of carbonyl (C=O) groups excluding carboxylic acids is 1. The van der Waals surface area contributed by atoms with Crippen LogP contribution in [0.2, 0.25) is 0 Å². The molecule has 0 aliphatic heterocycles. The highest BCUT2D eigenvalue weighted by Crippen LogP contribution is 2.11. The van der Waals surface area contributed by atoms with Gasteiger partial charge in [-0.2, -0.15) is 0 Å². The molecule has 0 aromatic heterocycles. The summed E-state index contributed by atoms with van der Waals surface area (Å²) in [5.41, 5.74) is 5.93. The molecule has 0 aromatic carbocycles. The summed E-state index contributed by atoms with van der Waals surface area (Å²) >= 11 is 0. The van der Waals surface area contributed by atoms with E-state index in [0.717, 1.165) is 19.3 Å². The number of nitrogens with two attached hydrogens (primary N) is 1. The summed E-state index contributed by atoms with van der Waals surface area (Å²) in [5.74, 6) is -0.143. The van der Waals surface area contributed by atoms with Crippen LogP contribution >= 0.6 is 0 Å². The first-order chi connectivity index (χ1) is 9.63. The maximum absolute atomic E-state index is 11.7. The van der Waals surface area contributed by atoms with Gasteiger partial charge in [-0.15, -0.1) is 0 Å². The zero-order chi connectivity index (χ0) is 15.2. The van der Waals surface area contributed by atoms with E-state index in [0.29, 0.717) is 12.1 Å². The van der Waals surface area contributed by atoms with Gasteiger partial charge in [0.25, 0.3) is 0 Å². The number of aliphatic hydroxyl groups is 1. The van der Waals surface area contributed by atoms with Crippen LogP contribution < -0.4 is 5.73 Å². The Morgan fingerprint density at radius 2 is 1.50 bits per heavy atom. The fourth-order valence-corrected chi connectivity index (χ4v) is 2.28. The summed E-state index contributed by atoms with van der Waals surface area (Å²) in [6.07, 6.45) is 12.8. The van der Waals surface area contributed by atoms with Gasteiger partial charge in [-0.1, -0.05) is 71.3 Å². The molecule has 1 atom stereocenters. The second kappa shape index (κ2) is 13.2. The van der Waals surface area contributed by atoms with Gasteiger partial charge in [0.1, 0.15) is 0 Å². The smallest absolute Gasteiger partial charge is 0.167 e. The predicted octanol–water partition coefficient (Wildman–Crippen LogP) is 4.09. The Kier molecular flexibility index (Phi) is 12.6. The first-order valence-electron chi connectivity index (χ1n) is 8.29. The van der Waals surface area contributed by atoms with Crippen molar-refractivity contribution in [1.82, 2.24) is 0 Å². The standard InChI is InChI=1S/C17H33NO2/c1-3-5-6-7-8-9-10-11-12-14-16(19)17(20)15(18)13-4-2/h13,17,20H,3-12,14,18H2,1-2H3. The first kappa shape index (κ1) is 19.2. The maximum atomic E-state index is 11.7. The lowest BCUT2D eigenvalue weighted by atomic mass is 10.0. The van der Waals surface area contributed by atoms with Gasteiger partial charge in [-0.25, -0.2) is 0 Å². The Balaban J connectivity index is 3.50. The van der Waals surface area contributed by atoms with Crippen LogP contribution in [0.4, 0.5) is 0 Å². The molecule has 0 spiro atoms. The number of allylic oxidation sites excluding steroid dienone is 1. The van der Waals surface area contributed by atoms with Crippen LogP contribution in [0.1, 0.15) is 84.5 Å². The average molecular weight is 283 g/mol. The summed E-state index contributed by atoms with van der Waals surface area (Å²) < 4.78 is 0. The third-order valence-electron chi connectivity index (χ3n) is 3.59. The molecule has 0 amide bonds. The Morgan fingerprint density at radius 3 is 2.00 bits per heavy atom. The summed E-state index contributed by atoms with van der Waals surface area (Å²) in [5, 5.41) is 9.70. The molecule has 0 saturated carbocycles. The summed E-state index contributed by atoms with van der Waals surface area (Å²) in [6, 6.07) is 0. The first-order valence-corrected chi connectivity index (χ1v) is 8.29. The minimum absolute atomic E-state index is 0.143. The van der Waals surface area contributed by atoms with Gasteiger partial charge in [-0.05, 0) is 12.8 Å². The Labute approximate surface area is 124 Å². The van der Waals surface area contributed by atoms with E-state index in [4.69, 9.17) is 5.73 Å². The second-order valence-corrected chi connectivity index (χ2v) is 5.56. The van der Waals surface area contributed by atoms with Crippen molar-refractivity contribution >= 4 is 5.78 Å². The van der Waals surface area contributed by atoms with E-state index in [2.05, 4.69) is 6.92 Å². The van der Waals surface area contributed by atoms with Crippen LogP contribution in [0.15, 0.2) is 11.8 Å².